The molecule has 0 saturated carbocycles. The summed E-state index contributed by atoms with van der Waals surface area (Å²) < 4.78 is 0. The number of hydrogen-bond acceptors (Lipinski definition) is 3. The van der Waals surface area contributed by atoms with Gasteiger partial charge in [0.25, 0.3) is 0 Å². The Morgan fingerprint density at radius 3 is 2.78 bits per heavy atom. The lowest BCUT2D eigenvalue weighted by Gasteiger charge is -2.22. The van der Waals surface area contributed by atoms with Crippen molar-refractivity contribution in [1.29, 1.82) is 0 Å². The molecule has 0 aromatic heterocycles. The second kappa shape index (κ2) is 2.35. The number of rotatable bonds is 0. The Balaban J connectivity index is 2.56. The van der Waals surface area contributed by atoms with Crippen LogP contribution in [0.4, 0.5) is 0 Å². The normalized spacial score (nSPS) is 36.0. The van der Waals surface area contributed by atoms with Crippen LogP contribution >= 0.6 is 0 Å². The molecule has 0 aromatic carbocycles. The molecule has 1 unspecified atom stereocenters. The van der Waals surface area contributed by atoms with Crippen molar-refractivity contribution in [3.8, 4) is 0 Å². The fourth-order valence-electron chi connectivity index (χ4n) is 1.12. The van der Waals surface area contributed by atoms with Gasteiger partial charge in [0, 0.05) is 12.5 Å². The molecule has 0 aliphatic carbocycles. The number of hydrogen-bond donors (Lipinski definition) is 2. The Kier molecular flexibility index (Phi) is 1.71. The van der Waals surface area contributed by atoms with Crippen LogP contribution in [-0.4, -0.2) is 18.0 Å². The highest BCUT2D eigenvalue weighted by molar-refractivity contribution is 5.81. The minimum atomic E-state index is 0.203. The molecule has 2 atom stereocenters. The van der Waals surface area contributed by atoms with E-state index in [9.17, 15) is 0 Å². The lowest BCUT2D eigenvalue weighted by atomic mass is 10.2. The van der Waals surface area contributed by atoms with E-state index >= 15 is 0 Å². The third kappa shape index (κ3) is 1.68. The molecule has 3 nitrogen and oxygen atoms in total. The zero-order chi connectivity index (χ0) is 6.85. The minimum absolute atomic E-state index is 0.203. The molecule has 0 spiro atoms. The van der Waals surface area contributed by atoms with E-state index in [2.05, 4.69) is 17.2 Å². The van der Waals surface area contributed by atoms with E-state index < -0.39 is 0 Å². The predicted octanol–water partition coefficient (Wildman–Crippen LogP) is 0.0714. The van der Waals surface area contributed by atoms with Crippen molar-refractivity contribution in [1.82, 2.24) is 5.32 Å². The number of aliphatic imine (C=N–C) groups is 1. The maximum atomic E-state index is 5.53. The van der Waals surface area contributed by atoms with Crippen molar-refractivity contribution in [3.05, 3.63) is 0 Å². The Hall–Kier alpha value is -0.570. The first-order valence-corrected chi connectivity index (χ1v) is 3.26. The van der Waals surface area contributed by atoms with E-state index in [0.717, 1.165) is 12.3 Å². The van der Waals surface area contributed by atoms with Crippen LogP contribution in [-0.2, 0) is 0 Å². The fraction of sp³-hybridized carbons (Fsp3) is 0.833. The highest BCUT2D eigenvalue weighted by Gasteiger charge is 2.12. The van der Waals surface area contributed by atoms with E-state index in [0.29, 0.717) is 6.04 Å². The molecule has 1 heterocycles. The monoisotopic (exact) mass is 127 g/mol. The Morgan fingerprint density at radius 1 is 1.67 bits per heavy atom. The molecule has 1 aliphatic rings. The van der Waals surface area contributed by atoms with Crippen LogP contribution in [0, 0.1) is 0 Å². The molecular weight excluding hydrogens is 114 g/mol. The Bertz CT molecular complexity index is 130. The van der Waals surface area contributed by atoms with E-state index in [1.165, 1.54) is 0 Å². The van der Waals surface area contributed by atoms with Gasteiger partial charge in [0.2, 0.25) is 0 Å². The van der Waals surface area contributed by atoms with Crippen molar-refractivity contribution in [2.75, 3.05) is 0 Å². The molecule has 0 saturated heterocycles. The predicted molar refractivity (Wildman–Crippen MR) is 38.3 cm³/mol. The topological polar surface area (TPSA) is 50.4 Å². The molecular formula is C6H13N3. The molecule has 0 amide bonds. The Morgan fingerprint density at radius 2 is 2.33 bits per heavy atom. The second-order valence-corrected chi connectivity index (χ2v) is 2.57. The van der Waals surface area contributed by atoms with Crippen LogP contribution in [0.15, 0.2) is 4.99 Å². The third-order valence-electron chi connectivity index (χ3n) is 1.40. The highest BCUT2D eigenvalue weighted by Crippen LogP contribution is 2.00. The van der Waals surface area contributed by atoms with Crippen LogP contribution < -0.4 is 11.1 Å². The van der Waals surface area contributed by atoms with Crippen LogP contribution in [0.1, 0.15) is 20.3 Å². The Labute approximate surface area is 55.3 Å². The first-order chi connectivity index (χ1) is 4.18. The van der Waals surface area contributed by atoms with Crippen molar-refractivity contribution < 1.29 is 0 Å². The van der Waals surface area contributed by atoms with Crippen molar-refractivity contribution in [2.24, 2.45) is 10.7 Å². The summed E-state index contributed by atoms with van der Waals surface area (Å²) in [5, 5.41) is 3.24. The molecule has 3 heteroatoms. The summed E-state index contributed by atoms with van der Waals surface area (Å²) in [5.41, 5.74) is 5.53. The van der Waals surface area contributed by atoms with Gasteiger partial charge in [0.05, 0.1) is 12.0 Å². The van der Waals surface area contributed by atoms with Crippen LogP contribution in [0.5, 0.6) is 0 Å². The maximum Gasteiger partial charge on any atom is 0.0988 e. The lowest BCUT2D eigenvalue weighted by molar-refractivity contribution is 0.463. The smallest absolute Gasteiger partial charge is 0.0988 e. The van der Waals surface area contributed by atoms with Crippen molar-refractivity contribution in [2.45, 2.75) is 32.5 Å². The summed E-state index contributed by atoms with van der Waals surface area (Å²) >= 11 is 0. The van der Waals surface area contributed by atoms with E-state index in [1.807, 2.05) is 6.92 Å². The van der Waals surface area contributed by atoms with Gasteiger partial charge in [0.15, 0.2) is 0 Å². The molecule has 52 valence electrons. The quantitative estimate of drug-likeness (QED) is 0.484. The fourth-order valence-corrected chi connectivity index (χ4v) is 1.12. The van der Waals surface area contributed by atoms with Crippen molar-refractivity contribution >= 4 is 5.84 Å². The first kappa shape index (κ1) is 6.55. The zero-order valence-electron chi connectivity index (χ0n) is 5.89. The van der Waals surface area contributed by atoms with Gasteiger partial charge in [-0.1, -0.05) is 0 Å². The van der Waals surface area contributed by atoms with Gasteiger partial charge >= 0.3 is 0 Å². The van der Waals surface area contributed by atoms with Gasteiger partial charge < -0.3 is 5.73 Å². The van der Waals surface area contributed by atoms with Gasteiger partial charge in [-0.3, -0.25) is 10.3 Å². The standard InChI is InChI=1S/C6H13N3/c1-4-3-6(7)9-5(2)8-4/h4-5,8H,3H2,1-2H3,(H2,7,9)/t4?,5-/m1/s1. The maximum absolute atomic E-state index is 5.53. The SMILES string of the molecule is CC1CC(N)=N[C@H](C)N1. The average molecular weight is 127 g/mol. The molecule has 0 bridgehead atoms. The molecule has 0 fully saturated rings. The molecule has 3 N–H and O–H groups in total. The van der Waals surface area contributed by atoms with Gasteiger partial charge in [-0.15, -0.1) is 0 Å². The number of nitrogens with zero attached hydrogens (tertiary/aromatic N) is 1. The minimum Gasteiger partial charge on any atom is -0.387 e. The lowest BCUT2D eigenvalue weighted by Crippen LogP contribution is -2.42. The van der Waals surface area contributed by atoms with Gasteiger partial charge in [-0.25, -0.2) is 0 Å². The van der Waals surface area contributed by atoms with E-state index in [-0.39, 0.29) is 6.17 Å². The number of nitrogens with two attached hydrogens (primary N) is 1. The van der Waals surface area contributed by atoms with Crippen LogP contribution in [0.3, 0.4) is 0 Å². The summed E-state index contributed by atoms with van der Waals surface area (Å²) in [7, 11) is 0. The van der Waals surface area contributed by atoms with E-state index in [1.54, 1.807) is 0 Å². The molecule has 0 radical (unpaired) electrons. The van der Waals surface area contributed by atoms with E-state index in [4.69, 9.17) is 5.73 Å². The highest BCUT2D eigenvalue weighted by atomic mass is 15.1. The van der Waals surface area contributed by atoms with Gasteiger partial charge in [0.1, 0.15) is 0 Å². The summed E-state index contributed by atoms with van der Waals surface area (Å²) in [6.45, 7) is 4.11. The van der Waals surface area contributed by atoms with Crippen LogP contribution in [0.2, 0.25) is 0 Å². The van der Waals surface area contributed by atoms with Gasteiger partial charge in [-0.2, -0.15) is 0 Å². The molecule has 0 aromatic rings. The van der Waals surface area contributed by atoms with Crippen LogP contribution in [0.25, 0.3) is 0 Å². The first-order valence-electron chi connectivity index (χ1n) is 3.26. The molecule has 1 rings (SSSR count). The average Bonchev–Trinajstić information content (AvgIpc) is 1.59. The summed E-state index contributed by atoms with van der Waals surface area (Å²) in [4.78, 5) is 4.12. The summed E-state index contributed by atoms with van der Waals surface area (Å²) in [5.74, 6) is 0.772. The molecule has 1 aliphatic heterocycles. The number of nitrogens with one attached hydrogen (secondary N) is 1. The third-order valence-corrected chi connectivity index (χ3v) is 1.40. The summed E-state index contributed by atoms with van der Waals surface area (Å²) in [6, 6.07) is 0.484. The largest absolute Gasteiger partial charge is 0.387 e. The molecule has 9 heavy (non-hydrogen) atoms. The number of amidine groups is 1. The van der Waals surface area contributed by atoms with Gasteiger partial charge in [-0.05, 0) is 13.8 Å². The second-order valence-electron chi connectivity index (χ2n) is 2.57. The zero-order valence-corrected chi connectivity index (χ0v) is 5.89. The summed E-state index contributed by atoms with van der Waals surface area (Å²) in [6.07, 6.45) is 1.08. The van der Waals surface area contributed by atoms with Crippen molar-refractivity contribution in [3.63, 3.8) is 0 Å².